The summed E-state index contributed by atoms with van der Waals surface area (Å²) in [6, 6.07) is 11.6. The Morgan fingerprint density at radius 1 is 1.13 bits per heavy atom. The lowest BCUT2D eigenvalue weighted by atomic mass is 9.98. The molecule has 0 amide bonds. The van der Waals surface area contributed by atoms with Crippen molar-refractivity contribution in [2.24, 2.45) is 0 Å². The summed E-state index contributed by atoms with van der Waals surface area (Å²) in [5.41, 5.74) is 2.90. The van der Waals surface area contributed by atoms with E-state index in [0.717, 1.165) is 16.6 Å². The number of esters is 2. The molecule has 2 aromatic heterocycles. The fourth-order valence-electron chi connectivity index (χ4n) is 4.08. The van der Waals surface area contributed by atoms with Crippen LogP contribution < -0.4 is 0 Å². The number of carbonyl (C=O) groups excluding carboxylic acids is 3. The quantitative estimate of drug-likeness (QED) is 0.496. The van der Waals surface area contributed by atoms with E-state index in [1.807, 2.05) is 28.8 Å². The first-order valence-electron chi connectivity index (χ1n) is 10.2. The Balaban J connectivity index is 1.76. The number of fused-ring (bicyclic) bond motifs is 2. The fourth-order valence-corrected chi connectivity index (χ4v) is 4.08. The van der Waals surface area contributed by atoms with Crippen LogP contribution in [0.25, 0.3) is 10.9 Å². The number of ether oxygens (including phenoxy) is 2. The fraction of sp³-hybridized carbons (Fsp3) is 0.348. The number of nitrogens with zero attached hydrogens (tertiary/aromatic N) is 1. The van der Waals surface area contributed by atoms with Crippen LogP contribution in [-0.4, -0.2) is 40.5 Å². The number of ketones is 1. The Bertz CT molecular complexity index is 1060. The van der Waals surface area contributed by atoms with Crippen molar-refractivity contribution in [2.75, 3.05) is 13.2 Å². The summed E-state index contributed by atoms with van der Waals surface area (Å²) in [6.45, 7) is 3.67. The molecule has 0 saturated heterocycles. The van der Waals surface area contributed by atoms with E-state index < -0.39 is 17.9 Å². The van der Waals surface area contributed by atoms with Crippen molar-refractivity contribution >= 4 is 28.6 Å². The number of aromatic amines is 1. The zero-order valence-electron chi connectivity index (χ0n) is 17.0. The number of hydrogen-bond acceptors (Lipinski definition) is 5. The second-order valence-electron chi connectivity index (χ2n) is 7.29. The van der Waals surface area contributed by atoms with Crippen LogP contribution in [0.15, 0.2) is 42.6 Å². The summed E-state index contributed by atoms with van der Waals surface area (Å²) in [7, 11) is 0. The van der Waals surface area contributed by atoms with Gasteiger partial charge in [0.2, 0.25) is 0 Å². The Morgan fingerprint density at radius 2 is 1.83 bits per heavy atom. The molecule has 1 unspecified atom stereocenters. The van der Waals surface area contributed by atoms with Gasteiger partial charge < -0.3 is 19.0 Å². The van der Waals surface area contributed by atoms with Gasteiger partial charge in [0.05, 0.1) is 24.9 Å². The first-order chi connectivity index (χ1) is 14.5. The zero-order valence-corrected chi connectivity index (χ0v) is 17.0. The minimum Gasteiger partial charge on any atom is -0.465 e. The van der Waals surface area contributed by atoms with Gasteiger partial charge in [0.1, 0.15) is 0 Å². The molecule has 1 aliphatic heterocycles. The lowest BCUT2D eigenvalue weighted by Crippen LogP contribution is -2.26. The van der Waals surface area contributed by atoms with Gasteiger partial charge >= 0.3 is 11.9 Å². The van der Waals surface area contributed by atoms with Crippen LogP contribution >= 0.6 is 0 Å². The highest BCUT2D eigenvalue weighted by Crippen LogP contribution is 2.35. The second kappa shape index (κ2) is 8.18. The molecule has 0 radical (unpaired) electrons. The van der Waals surface area contributed by atoms with E-state index >= 15 is 0 Å². The molecule has 4 rings (SSSR count). The average molecular weight is 408 g/mol. The summed E-state index contributed by atoms with van der Waals surface area (Å²) in [5, 5.41) is 1.09. The molecule has 0 fully saturated rings. The van der Waals surface area contributed by atoms with E-state index in [0.29, 0.717) is 24.1 Å². The predicted molar refractivity (Wildman–Crippen MR) is 110 cm³/mol. The number of rotatable bonds is 6. The number of para-hydroxylation sites is 1. The van der Waals surface area contributed by atoms with Crippen LogP contribution in [0.1, 0.15) is 60.4 Å². The molecular weight excluding hydrogens is 384 g/mol. The molecule has 3 aromatic rings. The van der Waals surface area contributed by atoms with Gasteiger partial charge in [0.25, 0.3) is 0 Å². The molecule has 3 heterocycles. The summed E-state index contributed by atoms with van der Waals surface area (Å²) in [4.78, 5) is 41.0. The molecular formula is C23H24N2O5. The molecule has 1 aromatic carbocycles. The van der Waals surface area contributed by atoms with Gasteiger partial charge in [0.15, 0.2) is 11.7 Å². The van der Waals surface area contributed by atoms with Crippen molar-refractivity contribution in [3.8, 4) is 0 Å². The van der Waals surface area contributed by atoms with E-state index in [9.17, 15) is 14.4 Å². The zero-order chi connectivity index (χ0) is 21.3. The largest absolute Gasteiger partial charge is 0.465 e. The normalized spacial score (nSPS) is 16.0. The van der Waals surface area contributed by atoms with Crippen molar-refractivity contribution in [3.05, 3.63) is 59.5 Å². The van der Waals surface area contributed by atoms with E-state index in [1.54, 1.807) is 26.1 Å². The van der Waals surface area contributed by atoms with Crippen molar-refractivity contribution in [3.63, 3.8) is 0 Å². The highest BCUT2D eigenvalue weighted by Gasteiger charge is 2.36. The summed E-state index contributed by atoms with van der Waals surface area (Å²) in [6.07, 6.45) is 2.74. The van der Waals surface area contributed by atoms with E-state index in [-0.39, 0.29) is 25.0 Å². The van der Waals surface area contributed by atoms with Gasteiger partial charge in [-0.1, -0.05) is 18.2 Å². The second-order valence-corrected chi connectivity index (χ2v) is 7.29. The third-order valence-corrected chi connectivity index (χ3v) is 5.42. The number of benzene rings is 1. The van der Waals surface area contributed by atoms with Crippen LogP contribution in [0.2, 0.25) is 0 Å². The molecule has 0 aliphatic carbocycles. The SMILES string of the molecule is CCOC(=O)C(C(=O)OCC)c1cc2n(c1)C(c1cc3ccccc3[nH]1)CCC2=O. The molecule has 0 saturated carbocycles. The lowest BCUT2D eigenvalue weighted by Gasteiger charge is -2.24. The summed E-state index contributed by atoms with van der Waals surface area (Å²) < 4.78 is 12.1. The maximum Gasteiger partial charge on any atom is 0.324 e. The van der Waals surface area contributed by atoms with E-state index in [2.05, 4.69) is 11.1 Å². The third kappa shape index (κ3) is 3.51. The maximum absolute atomic E-state index is 12.6. The van der Waals surface area contributed by atoms with Crippen LogP contribution in [0.4, 0.5) is 0 Å². The van der Waals surface area contributed by atoms with Crippen molar-refractivity contribution in [1.29, 1.82) is 0 Å². The summed E-state index contributed by atoms with van der Waals surface area (Å²) in [5.74, 6) is -2.57. The number of carbonyl (C=O) groups is 3. The van der Waals surface area contributed by atoms with Crippen molar-refractivity contribution in [2.45, 2.75) is 38.6 Å². The Kier molecular flexibility index (Phi) is 5.44. The molecule has 0 bridgehead atoms. The van der Waals surface area contributed by atoms with Gasteiger partial charge in [-0.2, -0.15) is 0 Å². The topological polar surface area (TPSA) is 90.4 Å². The van der Waals surface area contributed by atoms with Crippen LogP contribution in [0.3, 0.4) is 0 Å². The monoisotopic (exact) mass is 408 g/mol. The Morgan fingerprint density at radius 3 is 2.50 bits per heavy atom. The Hall–Kier alpha value is -3.35. The number of H-pyrrole nitrogens is 1. The van der Waals surface area contributed by atoms with Crippen molar-refractivity contribution in [1.82, 2.24) is 9.55 Å². The molecule has 156 valence electrons. The smallest absolute Gasteiger partial charge is 0.324 e. The standard InChI is InChI=1S/C23H24N2O5/c1-3-29-22(27)21(23(28)30-4-2)15-12-19-20(26)10-9-18(25(19)13-15)17-11-14-7-5-6-8-16(14)24-17/h5-8,11-13,18,21,24H,3-4,9-10H2,1-2H3. The van der Waals surface area contributed by atoms with Gasteiger partial charge in [-0.15, -0.1) is 0 Å². The predicted octanol–water partition coefficient (Wildman–Crippen LogP) is 3.75. The molecule has 0 spiro atoms. The highest BCUT2D eigenvalue weighted by atomic mass is 16.6. The lowest BCUT2D eigenvalue weighted by molar-refractivity contribution is -0.156. The minimum absolute atomic E-state index is 0.0138. The Labute approximate surface area is 174 Å². The first-order valence-corrected chi connectivity index (χ1v) is 10.2. The van der Waals surface area contributed by atoms with E-state index in [1.165, 1.54) is 0 Å². The van der Waals surface area contributed by atoms with Crippen molar-refractivity contribution < 1.29 is 23.9 Å². The van der Waals surface area contributed by atoms with Crippen LogP contribution in [-0.2, 0) is 19.1 Å². The molecule has 1 atom stereocenters. The number of nitrogens with one attached hydrogen (secondary N) is 1. The highest BCUT2D eigenvalue weighted by molar-refractivity contribution is 6.02. The molecule has 7 nitrogen and oxygen atoms in total. The maximum atomic E-state index is 12.6. The van der Waals surface area contributed by atoms with E-state index in [4.69, 9.17) is 9.47 Å². The average Bonchev–Trinajstić information content (AvgIpc) is 3.34. The minimum atomic E-state index is -1.21. The molecule has 1 N–H and O–H groups in total. The number of hydrogen-bond donors (Lipinski definition) is 1. The van der Waals surface area contributed by atoms with Gasteiger partial charge in [0, 0.05) is 23.8 Å². The third-order valence-electron chi connectivity index (χ3n) is 5.42. The first kappa shape index (κ1) is 19.9. The molecule has 7 heteroatoms. The number of Topliss-reactive ketones (excluding diaryl/α,β-unsaturated/α-hetero) is 1. The molecule has 1 aliphatic rings. The van der Waals surface area contributed by atoms with Gasteiger partial charge in [-0.3, -0.25) is 14.4 Å². The van der Waals surface area contributed by atoms with Gasteiger partial charge in [-0.05, 0) is 49.4 Å². The van der Waals surface area contributed by atoms with Crippen LogP contribution in [0.5, 0.6) is 0 Å². The van der Waals surface area contributed by atoms with Gasteiger partial charge in [-0.25, -0.2) is 0 Å². The van der Waals surface area contributed by atoms with Crippen LogP contribution in [0, 0.1) is 0 Å². The molecule has 30 heavy (non-hydrogen) atoms. The summed E-state index contributed by atoms with van der Waals surface area (Å²) >= 11 is 0. The number of aromatic nitrogens is 2.